The first-order valence-electron chi connectivity index (χ1n) is 11.9. The number of hydrogen-bond donors (Lipinski definition) is 5. The van der Waals surface area contributed by atoms with Gasteiger partial charge < -0.3 is 26.2 Å². The molecule has 190 valence electrons. The van der Waals surface area contributed by atoms with Crippen LogP contribution in [-0.4, -0.2) is 69.7 Å². The molecule has 0 aliphatic heterocycles. The lowest BCUT2D eigenvalue weighted by Gasteiger charge is -2.15. The number of carboxylic acid groups (broad SMARTS) is 1. The molecule has 1 unspecified atom stereocenters. The number of para-hydroxylation sites is 2. The highest BCUT2D eigenvalue weighted by Crippen LogP contribution is 2.09. The predicted octanol–water partition coefficient (Wildman–Crippen LogP) is 1.29. The van der Waals surface area contributed by atoms with Crippen LogP contribution in [0.25, 0.3) is 11.0 Å². The second kappa shape index (κ2) is 13.9. The number of carbonyl (C=O) groups excluding carboxylic acids is 2. The Balaban J connectivity index is 1.30. The Morgan fingerprint density at radius 3 is 2.42 bits per heavy atom. The Hall–Kier alpha value is -3.89. The first-order valence-corrected chi connectivity index (χ1v) is 11.9. The molecule has 0 saturated heterocycles. The van der Waals surface area contributed by atoms with Crippen molar-refractivity contribution in [2.45, 2.75) is 37.8 Å². The summed E-state index contributed by atoms with van der Waals surface area (Å²) in [6, 6.07) is 15.0. The van der Waals surface area contributed by atoms with Crippen molar-refractivity contribution in [3.8, 4) is 0 Å². The fourth-order valence-electron chi connectivity index (χ4n) is 3.63. The van der Waals surface area contributed by atoms with Crippen LogP contribution in [0.15, 0.2) is 60.8 Å². The second-order valence-corrected chi connectivity index (χ2v) is 8.41. The Kier molecular flexibility index (Phi) is 10.3. The van der Waals surface area contributed by atoms with Crippen molar-refractivity contribution < 1.29 is 24.6 Å². The summed E-state index contributed by atoms with van der Waals surface area (Å²) in [5.74, 6) is -2.10. The highest BCUT2D eigenvalue weighted by molar-refractivity contribution is 5.96. The lowest BCUT2D eigenvalue weighted by atomic mass is 10.1. The van der Waals surface area contributed by atoms with Crippen molar-refractivity contribution in [2.24, 2.45) is 0 Å². The molecule has 5 N–H and O–H groups in total. The van der Waals surface area contributed by atoms with Crippen LogP contribution in [0.4, 0.5) is 0 Å². The van der Waals surface area contributed by atoms with Gasteiger partial charge in [-0.2, -0.15) is 0 Å². The number of hydrogen-bond acceptors (Lipinski definition) is 7. The summed E-state index contributed by atoms with van der Waals surface area (Å²) in [5, 5.41) is 27.7. The molecule has 0 aliphatic rings. The van der Waals surface area contributed by atoms with Crippen LogP contribution in [-0.2, 0) is 16.0 Å². The van der Waals surface area contributed by atoms with E-state index in [0.29, 0.717) is 43.6 Å². The SMILES string of the molecule is O=C(CNC(=O)c1ccccc1)N[C@@H](CCCCNCC(O)Cc1cnc2ccccc2n1)C(=O)O. The van der Waals surface area contributed by atoms with E-state index in [1.54, 1.807) is 36.5 Å². The van der Waals surface area contributed by atoms with Crippen LogP contribution in [0, 0.1) is 0 Å². The third-order valence-electron chi connectivity index (χ3n) is 5.50. The van der Waals surface area contributed by atoms with Crippen LogP contribution in [0.2, 0.25) is 0 Å². The van der Waals surface area contributed by atoms with Crippen molar-refractivity contribution in [3.63, 3.8) is 0 Å². The third-order valence-corrected chi connectivity index (χ3v) is 5.50. The molecule has 1 aromatic heterocycles. The first-order chi connectivity index (χ1) is 17.4. The van der Waals surface area contributed by atoms with Crippen molar-refractivity contribution in [3.05, 3.63) is 72.1 Å². The van der Waals surface area contributed by atoms with E-state index in [0.717, 1.165) is 11.0 Å². The molecule has 36 heavy (non-hydrogen) atoms. The van der Waals surface area contributed by atoms with Crippen molar-refractivity contribution in [1.29, 1.82) is 0 Å². The molecule has 0 radical (unpaired) electrons. The average Bonchev–Trinajstić information content (AvgIpc) is 2.88. The molecule has 1 heterocycles. The summed E-state index contributed by atoms with van der Waals surface area (Å²) < 4.78 is 0. The number of aliphatic hydroxyl groups excluding tert-OH is 1. The van der Waals surface area contributed by atoms with Crippen LogP contribution in [0.1, 0.15) is 35.3 Å². The van der Waals surface area contributed by atoms with E-state index < -0.39 is 29.9 Å². The lowest BCUT2D eigenvalue weighted by Crippen LogP contribution is -2.45. The number of aromatic nitrogens is 2. The van der Waals surface area contributed by atoms with Gasteiger partial charge in [0.15, 0.2) is 0 Å². The molecule has 10 heteroatoms. The van der Waals surface area contributed by atoms with Crippen LogP contribution >= 0.6 is 0 Å². The number of unbranched alkanes of at least 4 members (excludes halogenated alkanes) is 1. The standard InChI is InChI=1S/C26H31N5O5/c32-20(14-19-15-28-21-10-4-5-11-22(21)30-19)16-27-13-7-6-12-23(26(35)36)31-24(33)17-29-25(34)18-8-2-1-3-9-18/h1-5,8-11,15,20,23,27,32H,6-7,12-14,16-17H2,(H,29,34)(H,31,33)(H,35,36)/t20?,23-/m0/s1. The first kappa shape index (κ1) is 26.7. The van der Waals surface area contributed by atoms with E-state index >= 15 is 0 Å². The molecular weight excluding hydrogens is 462 g/mol. The number of aliphatic carboxylic acids is 1. The van der Waals surface area contributed by atoms with Gasteiger partial charge >= 0.3 is 5.97 Å². The second-order valence-electron chi connectivity index (χ2n) is 8.41. The number of benzene rings is 2. The van der Waals surface area contributed by atoms with Gasteiger partial charge in [-0.05, 0) is 50.1 Å². The fourth-order valence-corrected chi connectivity index (χ4v) is 3.63. The maximum absolute atomic E-state index is 12.1. The number of fused-ring (bicyclic) bond motifs is 1. The fraction of sp³-hybridized carbons (Fsp3) is 0.346. The monoisotopic (exact) mass is 493 g/mol. The number of amides is 2. The minimum Gasteiger partial charge on any atom is -0.480 e. The molecular formula is C26H31N5O5. The van der Waals surface area contributed by atoms with Gasteiger partial charge in [-0.1, -0.05) is 30.3 Å². The molecule has 2 amide bonds. The number of nitrogens with zero attached hydrogens (tertiary/aromatic N) is 2. The van der Waals surface area contributed by atoms with E-state index in [2.05, 4.69) is 25.9 Å². The van der Waals surface area contributed by atoms with E-state index in [-0.39, 0.29) is 13.0 Å². The largest absolute Gasteiger partial charge is 0.480 e. The minimum absolute atomic E-state index is 0.255. The van der Waals surface area contributed by atoms with Crippen LogP contribution in [0.5, 0.6) is 0 Å². The summed E-state index contributed by atoms with van der Waals surface area (Å²) in [7, 11) is 0. The molecule has 3 aromatic rings. The van der Waals surface area contributed by atoms with E-state index in [4.69, 9.17) is 0 Å². The number of nitrogens with one attached hydrogen (secondary N) is 3. The normalized spacial score (nSPS) is 12.6. The topological polar surface area (TPSA) is 154 Å². The van der Waals surface area contributed by atoms with Crippen LogP contribution in [0.3, 0.4) is 0 Å². The Morgan fingerprint density at radius 2 is 1.67 bits per heavy atom. The van der Waals surface area contributed by atoms with E-state index in [1.807, 2.05) is 24.3 Å². The van der Waals surface area contributed by atoms with Gasteiger partial charge in [-0.25, -0.2) is 9.78 Å². The van der Waals surface area contributed by atoms with Crippen molar-refractivity contribution in [2.75, 3.05) is 19.6 Å². The molecule has 3 rings (SSSR count). The minimum atomic E-state index is -1.13. The maximum Gasteiger partial charge on any atom is 0.326 e. The van der Waals surface area contributed by atoms with Crippen LogP contribution < -0.4 is 16.0 Å². The Labute approximate surface area is 209 Å². The van der Waals surface area contributed by atoms with Gasteiger partial charge in [-0.15, -0.1) is 0 Å². The number of aliphatic hydroxyl groups is 1. The van der Waals surface area contributed by atoms with Gasteiger partial charge in [0.1, 0.15) is 6.04 Å². The molecule has 2 atom stereocenters. The van der Waals surface area contributed by atoms with Gasteiger partial charge in [0.2, 0.25) is 5.91 Å². The summed E-state index contributed by atoms with van der Waals surface area (Å²) in [6.07, 6.45) is 2.90. The quantitative estimate of drug-likeness (QED) is 0.211. The maximum atomic E-state index is 12.1. The predicted molar refractivity (Wildman–Crippen MR) is 134 cm³/mol. The molecule has 0 saturated carbocycles. The molecule has 0 bridgehead atoms. The van der Waals surface area contributed by atoms with Gasteiger partial charge in [-0.3, -0.25) is 14.6 Å². The molecule has 0 fully saturated rings. The Bertz CT molecular complexity index is 1160. The van der Waals surface area contributed by atoms with Gasteiger partial charge in [0, 0.05) is 24.7 Å². The van der Waals surface area contributed by atoms with E-state index in [1.165, 1.54) is 0 Å². The summed E-state index contributed by atoms with van der Waals surface area (Å²) >= 11 is 0. The molecule has 10 nitrogen and oxygen atoms in total. The summed E-state index contributed by atoms with van der Waals surface area (Å²) in [5.41, 5.74) is 2.72. The zero-order valence-corrected chi connectivity index (χ0v) is 19.9. The number of carboxylic acids is 1. The Morgan fingerprint density at radius 1 is 0.944 bits per heavy atom. The molecule has 2 aromatic carbocycles. The van der Waals surface area contributed by atoms with Gasteiger partial charge in [0.05, 0.1) is 29.4 Å². The summed E-state index contributed by atoms with van der Waals surface area (Å²) in [6.45, 7) is 0.654. The number of rotatable bonds is 14. The average molecular weight is 494 g/mol. The zero-order valence-electron chi connectivity index (χ0n) is 19.9. The van der Waals surface area contributed by atoms with Gasteiger partial charge in [0.25, 0.3) is 5.91 Å². The summed E-state index contributed by atoms with van der Waals surface area (Å²) in [4.78, 5) is 44.4. The van der Waals surface area contributed by atoms with E-state index in [9.17, 15) is 24.6 Å². The third kappa shape index (κ3) is 8.71. The highest BCUT2D eigenvalue weighted by atomic mass is 16.4. The molecule has 0 aliphatic carbocycles. The molecule has 0 spiro atoms. The smallest absolute Gasteiger partial charge is 0.326 e. The zero-order chi connectivity index (χ0) is 25.8. The lowest BCUT2D eigenvalue weighted by molar-refractivity contribution is -0.141. The van der Waals surface area contributed by atoms with Crippen molar-refractivity contribution in [1.82, 2.24) is 25.9 Å². The van der Waals surface area contributed by atoms with Crippen molar-refractivity contribution >= 4 is 28.8 Å². The number of carbonyl (C=O) groups is 3. The highest BCUT2D eigenvalue weighted by Gasteiger charge is 2.19.